The molecule has 0 saturated heterocycles. The third-order valence-corrected chi connectivity index (χ3v) is 2.28. The molecule has 0 aliphatic carbocycles. The van der Waals surface area contributed by atoms with Gasteiger partial charge in [-0.1, -0.05) is 11.8 Å². The van der Waals surface area contributed by atoms with E-state index < -0.39 is 10.9 Å². The van der Waals surface area contributed by atoms with Crippen LogP contribution in [0, 0.1) is 22.0 Å². The van der Waals surface area contributed by atoms with E-state index >= 15 is 0 Å². The van der Waals surface area contributed by atoms with Crippen LogP contribution >= 0.6 is 0 Å². The fourth-order valence-corrected chi connectivity index (χ4v) is 1.38. The zero-order chi connectivity index (χ0) is 14.3. The van der Waals surface area contributed by atoms with Gasteiger partial charge in [0.05, 0.1) is 17.6 Å². The van der Waals surface area contributed by atoms with Crippen molar-refractivity contribution >= 4 is 11.7 Å². The van der Waals surface area contributed by atoms with Crippen LogP contribution in [0.2, 0.25) is 0 Å². The maximum atomic E-state index is 11.4. The number of esters is 1. The van der Waals surface area contributed by atoms with Gasteiger partial charge in [-0.2, -0.15) is 0 Å². The van der Waals surface area contributed by atoms with Gasteiger partial charge in [-0.05, 0) is 13.1 Å². The number of carbonyl (C=O) groups excluding carboxylic acids is 1. The molecule has 1 aromatic carbocycles. The number of nitrogens with zero attached hydrogens (tertiary/aromatic N) is 1. The van der Waals surface area contributed by atoms with Crippen molar-refractivity contribution in [2.75, 3.05) is 20.7 Å². The van der Waals surface area contributed by atoms with Gasteiger partial charge in [0.1, 0.15) is 0 Å². The third kappa shape index (κ3) is 4.41. The molecule has 0 heterocycles. The summed E-state index contributed by atoms with van der Waals surface area (Å²) in [6, 6.07) is 3.98. The molecule has 0 spiro atoms. The summed E-state index contributed by atoms with van der Waals surface area (Å²) in [7, 11) is 3.03. The van der Waals surface area contributed by atoms with Crippen molar-refractivity contribution in [2.24, 2.45) is 0 Å². The van der Waals surface area contributed by atoms with Crippen LogP contribution in [0.5, 0.6) is 0 Å². The van der Waals surface area contributed by atoms with E-state index in [1.54, 1.807) is 0 Å². The molecule has 0 amide bonds. The second-order valence-corrected chi connectivity index (χ2v) is 3.67. The van der Waals surface area contributed by atoms with Gasteiger partial charge in [0.2, 0.25) is 0 Å². The summed E-state index contributed by atoms with van der Waals surface area (Å²) in [6.07, 6.45) is 0.618. The highest BCUT2D eigenvalue weighted by Gasteiger charge is 2.14. The highest BCUT2D eigenvalue weighted by atomic mass is 16.6. The molecule has 0 aliphatic rings. The van der Waals surface area contributed by atoms with E-state index in [2.05, 4.69) is 21.9 Å². The summed E-state index contributed by atoms with van der Waals surface area (Å²) >= 11 is 0. The Bertz CT molecular complexity index is 543. The van der Waals surface area contributed by atoms with Gasteiger partial charge in [0, 0.05) is 30.7 Å². The Hall–Kier alpha value is -2.39. The predicted molar refractivity (Wildman–Crippen MR) is 69.9 cm³/mol. The zero-order valence-corrected chi connectivity index (χ0v) is 10.7. The molecule has 6 heteroatoms. The van der Waals surface area contributed by atoms with Crippen LogP contribution in [0.1, 0.15) is 22.3 Å². The van der Waals surface area contributed by atoms with Crippen molar-refractivity contribution in [1.29, 1.82) is 0 Å². The van der Waals surface area contributed by atoms with Gasteiger partial charge < -0.3 is 10.1 Å². The van der Waals surface area contributed by atoms with Crippen LogP contribution in [0.4, 0.5) is 5.69 Å². The molecule has 100 valence electrons. The average molecular weight is 262 g/mol. The van der Waals surface area contributed by atoms with Gasteiger partial charge in [-0.25, -0.2) is 4.79 Å². The van der Waals surface area contributed by atoms with Crippen LogP contribution in [0.15, 0.2) is 18.2 Å². The van der Waals surface area contributed by atoms with Crippen LogP contribution in [-0.2, 0) is 4.74 Å². The minimum atomic E-state index is -0.623. The topological polar surface area (TPSA) is 81.5 Å². The minimum Gasteiger partial charge on any atom is -0.465 e. The molecule has 0 aromatic heterocycles. The molecular weight excluding hydrogens is 248 g/mol. The third-order valence-electron chi connectivity index (χ3n) is 2.28. The Morgan fingerprint density at radius 2 is 2.21 bits per heavy atom. The molecule has 1 rings (SSSR count). The lowest BCUT2D eigenvalue weighted by Crippen LogP contribution is -2.06. The number of benzene rings is 1. The Morgan fingerprint density at radius 3 is 2.79 bits per heavy atom. The number of nitrogens with one attached hydrogen (secondary N) is 1. The van der Waals surface area contributed by atoms with Crippen LogP contribution in [0.25, 0.3) is 0 Å². The molecule has 0 radical (unpaired) electrons. The first-order valence-corrected chi connectivity index (χ1v) is 5.59. The number of nitro groups is 1. The second kappa shape index (κ2) is 7.13. The van der Waals surface area contributed by atoms with Crippen molar-refractivity contribution in [3.63, 3.8) is 0 Å². The molecule has 1 N–H and O–H groups in total. The number of methoxy groups -OCH3 is 1. The SMILES string of the molecule is CNCCC#Cc1cc(C(=O)OC)cc([N+](=O)[O-])c1. The Morgan fingerprint density at radius 1 is 1.47 bits per heavy atom. The van der Waals surface area contributed by atoms with Crippen molar-refractivity contribution < 1.29 is 14.5 Å². The Kier molecular flexibility index (Phi) is 5.51. The molecule has 19 heavy (non-hydrogen) atoms. The average Bonchev–Trinajstić information content (AvgIpc) is 2.42. The normalized spacial score (nSPS) is 9.37. The summed E-state index contributed by atoms with van der Waals surface area (Å²) in [6.45, 7) is 0.728. The van der Waals surface area contributed by atoms with Crippen molar-refractivity contribution in [2.45, 2.75) is 6.42 Å². The van der Waals surface area contributed by atoms with Gasteiger partial charge in [-0.15, -0.1) is 0 Å². The number of hydrogen-bond donors (Lipinski definition) is 1. The smallest absolute Gasteiger partial charge is 0.338 e. The van der Waals surface area contributed by atoms with Crippen molar-refractivity contribution in [3.8, 4) is 11.8 Å². The summed E-state index contributed by atoms with van der Waals surface area (Å²) in [4.78, 5) is 21.6. The van der Waals surface area contributed by atoms with E-state index in [0.29, 0.717) is 12.0 Å². The summed E-state index contributed by atoms with van der Waals surface area (Å²) in [5.41, 5.74) is 0.362. The number of nitro benzene ring substituents is 1. The Labute approximate surface area is 110 Å². The van der Waals surface area contributed by atoms with E-state index in [4.69, 9.17) is 0 Å². The summed E-state index contributed by atoms with van der Waals surface area (Å²) < 4.78 is 4.55. The molecule has 0 fully saturated rings. The molecule has 0 aliphatic heterocycles. The van der Waals surface area contributed by atoms with E-state index in [-0.39, 0.29) is 11.3 Å². The Balaban J connectivity index is 3.08. The molecule has 0 saturated carbocycles. The molecular formula is C13H14N2O4. The summed E-state index contributed by atoms with van der Waals surface area (Å²) in [5, 5.41) is 13.7. The van der Waals surface area contributed by atoms with Crippen LogP contribution < -0.4 is 5.32 Å². The van der Waals surface area contributed by atoms with Crippen molar-refractivity contribution in [1.82, 2.24) is 5.32 Å². The van der Waals surface area contributed by atoms with Crippen LogP contribution in [0.3, 0.4) is 0 Å². The highest BCUT2D eigenvalue weighted by Crippen LogP contribution is 2.17. The van der Waals surface area contributed by atoms with E-state index in [1.165, 1.54) is 25.3 Å². The van der Waals surface area contributed by atoms with Gasteiger partial charge in [0.15, 0.2) is 0 Å². The standard InChI is InChI=1S/C13H14N2O4/c1-14-6-4-3-5-10-7-11(13(16)19-2)9-12(8-10)15(17)18/h7-9,14H,4,6H2,1-2H3. The van der Waals surface area contributed by atoms with Crippen LogP contribution in [-0.4, -0.2) is 31.6 Å². The van der Waals surface area contributed by atoms with E-state index in [9.17, 15) is 14.9 Å². The lowest BCUT2D eigenvalue weighted by Gasteiger charge is -2.00. The molecule has 0 atom stereocenters. The number of hydrogen-bond acceptors (Lipinski definition) is 5. The zero-order valence-electron chi connectivity index (χ0n) is 10.7. The van der Waals surface area contributed by atoms with E-state index in [1.807, 2.05) is 7.05 Å². The lowest BCUT2D eigenvalue weighted by molar-refractivity contribution is -0.384. The largest absolute Gasteiger partial charge is 0.465 e. The fraction of sp³-hybridized carbons (Fsp3) is 0.308. The molecule has 0 unspecified atom stereocenters. The van der Waals surface area contributed by atoms with Crippen molar-refractivity contribution in [3.05, 3.63) is 39.4 Å². The van der Waals surface area contributed by atoms with E-state index in [0.717, 1.165) is 6.54 Å². The minimum absolute atomic E-state index is 0.120. The molecule has 0 bridgehead atoms. The first-order chi connectivity index (χ1) is 9.08. The molecule has 6 nitrogen and oxygen atoms in total. The van der Waals surface area contributed by atoms with Gasteiger partial charge in [-0.3, -0.25) is 10.1 Å². The highest BCUT2D eigenvalue weighted by molar-refractivity contribution is 5.90. The lowest BCUT2D eigenvalue weighted by atomic mass is 10.1. The van der Waals surface area contributed by atoms with Gasteiger partial charge >= 0.3 is 5.97 Å². The fourth-order valence-electron chi connectivity index (χ4n) is 1.38. The maximum absolute atomic E-state index is 11.4. The van der Waals surface area contributed by atoms with Gasteiger partial charge in [0.25, 0.3) is 5.69 Å². The number of ether oxygens (including phenoxy) is 1. The first-order valence-electron chi connectivity index (χ1n) is 5.59. The molecule has 1 aromatic rings. The number of rotatable bonds is 4. The first kappa shape index (κ1) is 14.7. The summed E-state index contributed by atoms with van der Waals surface area (Å²) in [5.74, 6) is 5.03. The quantitative estimate of drug-likeness (QED) is 0.291. The predicted octanol–water partition coefficient (Wildman–Crippen LogP) is 1.34. The monoisotopic (exact) mass is 262 g/mol. The maximum Gasteiger partial charge on any atom is 0.338 e. The number of non-ortho nitro benzene ring substituents is 1. The second-order valence-electron chi connectivity index (χ2n) is 3.67. The number of carbonyl (C=O) groups is 1.